The molecule has 1 aliphatic carbocycles. The van der Waals surface area contributed by atoms with Crippen LogP contribution < -0.4 is 20.1 Å². The monoisotopic (exact) mass is 472 g/mol. The number of aromatic nitrogens is 4. The molecular weight excluding hydrogens is 444 g/mol. The molecule has 2 aromatic heterocycles. The standard InChI is InChI=1S/C26H28N6O3/c1-16(2)35-20-7-8-22-21(12-20)25(29-18-13-27-28-14-18)31-24(30-22)17-5-4-6-19(11-17)34-15-23(33)32-26(3)9-10-26/h4-8,11-14,16H,9-10,15H2,1-3H3,(H,27,28)(H,32,33)(H,29,30,31). The summed E-state index contributed by atoms with van der Waals surface area (Å²) in [5, 5.41) is 13.9. The molecule has 180 valence electrons. The Morgan fingerprint density at radius 3 is 2.74 bits per heavy atom. The summed E-state index contributed by atoms with van der Waals surface area (Å²) in [7, 11) is 0. The Bertz CT molecular complexity index is 1350. The van der Waals surface area contributed by atoms with Crippen LogP contribution in [0.1, 0.15) is 33.6 Å². The van der Waals surface area contributed by atoms with Crippen LogP contribution in [0.2, 0.25) is 0 Å². The number of carbonyl (C=O) groups excluding carboxylic acids is 1. The van der Waals surface area contributed by atoms with E-state index in [1.54, 1.807) is 12.4 Å². The van der Waals surface area contributed by atoms with E-state index in [9.17, 15) is 4.79 Å². The number of fused-ring (bicyclic) bond motifs is 1. The number of nitrogens with zero attached hydrogens (tertiary/aromatic N) is 3. The highest BCUT2D eigenvalue weighted by molar-refractivity contribution is 5.93. The third-order valence-corrected chi connectivity index (χ3v) is 5.70. The van der Waals surface area contributed by atoms with E-state index in [1.807, 2.05) is 63.2 Å². The number of benzene rings is 2. The van der Waals surface area contributed by atoms with E-state index in [2.05, 4.69) is 20.8 Å². The Morgan fingerprint density at radius 2 is 2.00 bits per heavy atom. The van der Waals surface area contributed by atoms with E-state index < -0.39 is 0 Å². The van der Waals surface area contributed by atoms with Crippen LogP contribution in [0.15, 0.2) is 54.9 Å². The number of hydrogen-bond donors (Lipinski definition) is 3. The maximum Gasteiger partial charge on any atom is 0.258 e. The smallest absolute Gasteiger partial charge is 0.258 e. The minimum absolute atomic E-state index is 0.0382. The fourth-order valence-corrected chi connectivity index (χ4v) is 3.69. The summed E-state index contributed by atoms with van der Waals surface area (Å²) in [5.41, 5.74) is 2.25. The molecule has 0 aliphatic heterocycles. The van der Waals surface area contributed by atoms with E-state index in [0.717, 1.165) is 40.7 Å². The van der Waals surface area contributed by atoms with Gasteiger partial charge in [0.25, 0.3) is 5.91 Å². The van der Waals surface area contributed by atoms with Crippen LogP contribution in [0.4, 0.5) is 11.5 Å². The summed E-state index contributed by atoms with van der Waals surface area (Å²) in [4.78, 5) is 21.8. The average Bonchev–Trinajstić information content (AvgIpc) is 3.32. The number of hydrogen-bond acceptors (Lipinski definition) is 7. The third-order valence-electron chi connectivity index (χ3n) is 5.70. The molecule has 0 bridgehead atoms. The van der Waals surface area contributed by atoms with Crippen molar-refractivity contribution in [3.8, 4) is 22.9 Å². The van der Waals surface area contributed by atoms with Crippen LogP contribution in [0.5, 0.6) is 11.5 Å². The molecule has 2 aromatic carbocycles. The minimum atomic E-state index is -0.122. The molecule has 0 atom stereocenters. The van der Waals surface area contributed by atoms with Crippen molar-refractivity contribution in [1.82, 2.24) is 25.5 Å². The summed E-state index contributed by atoms with van der Waals surface area (Å²) in [5.74, 6) is 2.36. The minimum Gasteiger partial charge on any atom is -0.491 e. The topological polar surface area (TPSA) is 114 Å². The van der Waals surface area contributed by atoms with Gasteiger partial charge in [-0.3, -0.25) is 9.89 Å². The van der Waals surface area contributed by atoms with Crippen molar-refractivity contribution in [2.75, 3.05) is 11.9 Å². The summed E-state index contributed by atoms with van der Waals surface area (Å²) in [6.07, 6.45) is 5.50. The maximum absolute atomic E-state index is 12.2. The summed E-state index contributed by atoms with van der Waals surface area (Å²) >= 11 is 0. The number of amides is 1. The van der Waals surface area contributed by atoms with Gasteiger partial charge in [0, 0.05) is 22.7 Å². The summed E-state index contributed by atoms with van der Waals surface area (Å²) in [6, 6.07) is 13.2. The van der Waals surface area contributed by atoms with Crippen LogP contribution in [0.25, 0.3) is 22.3 Å². The molecule has 1 amide bonds. The lowest BCUT2D eigenvalue weighted by atomic mass is 10.1. The van der Waals surface area contributed by atoms with E-state index in [-0.39, 0.29) is 24.2 Å². The Balaban J connectivity index is 1.44. The van der Waals surface area contributed by atoms with Gasteiger partial charge < -0.3 is 20.1 Å². The highest BCUT2D eigenvalue weighted by Crippen LogP contribution is 2.34. The lowest BCUT2D eigenvalue weighted by Crippen LogP contribution is -2.37. The van der Waals surface area contributed by atoms with Gasteiger partial charge in [-0.25, -0.2) is 9.97 Å². The van der Waals surface area contributed by atoms with Crippen molar-refractivity contribution in [3.63, 3.8) is 0 Å². The van der Waals surface area contributed by atoms with Crippen molar-refractivity contribution in [1.29, 1.82) is 0 Å². The molecule has 35 heavy (non-hydrogen) atoms. The van der Waals surface area contributed by atoms with Gasteiger partial charge in [-0.05, 0) is 63.9 Å². The number of H-pyrrole nitrogens is 1. The second kappa shape index (κ2) is 9.25. The number of carbonyl (C=O) groups is 1. The Labute approximate surface area is 203 Å². The molecule has 3 N–H and O–H groups in total. The zero-order chi connectivity index (χ0) is 24.4. The van der Waals surface area contributed by atoms with Gasteiger partial charge in [0.15, 0.2) is 12.4 Å². The fourth-order valence-electron chi connectivity index (χ4n) is 3.69. The average molecular weight is 473 g/mol. The number of rotatable bonds is 9. The Hall–Kier alpha value is -4.14. The summed E-state index contributed by atoms with van der Waals surface area (Å²) in [6.45, 7) is 5.97. The highest BCUT2D eigenvalue weighted by Gasteiger charge is 2.38. The van der Waals surface area contributed by atoms with Gasteiger partial charge in [-0.2, -0.15) is 5.10 Å². The highest BCUT2D eigenvalue weighted by atomic mass is 16.5. The van der Waals surface area contributed by atoms with Gasteiger partial charge >= 0.3 is 0 Å². The van der Waals surface area contributed by atoms with Crippen molar-refractivity contribution in [3.05, 3.63) is 54.9 Å². The quantitative estimate of drug-likeness (QED) is 0.326. The molecule has 0 unspecified atom stereocenters. The molecule has 0 spiro atoms. The molecule has 4 aromatic rings. The van der Waals surface area contributed by atoms with Crippen LogP contribution in [-0.4, -0.2) is 44.3 Å². The first-order valence-corrected chi connectivity index (χ1v) is 11.7. The molecule has 0 radical (unpaired) electrons. The fraction of sp³-hybridized carbons (Fsp3) is 0.308. The normalized spacial score (nSPS) is 14.1. The van der Waals surface area contributed by atoms with Crippen molar-refractivity contribution < 1.29 is 14.3 Å². The molecule has 9 nitrogen and oxygen atoms in total. The van der Waals surface area contributed by atoms with Crippen molar-refractivity contribution in [2.24, 2.45) is 0 Å². The molecule has 1 saturated carbocycles. The Morgan fingerprint density at radius 1 is 1.14 bits per heavy atom. The van der Waals surface area contributed by atoms with Crippen LogP contribution in [0.3, 0.4) is 0 Å². The van der Waals surface area contributed by atoms with Gasteiger partial charge in [0.1, 0.15) is 17.3 Å². The van der Waals surface area contributed by atoms with Gasteiger partial charge in [-0.15, -0.1) is 0 Å². The van der Waals surface area contributed by atoms with Crippen molar-refractivity contribution in [2.45, 2.75) is 45.3 Å². The second-order valence-electron chi connectivity index (χ2n) is 9.28. The first-order chi connectivity index (χ1) is 16.9. The van der Waals surface area contributed by atoms with E-state index in [0.29, 0.717) is 17.4 Å². The molecule has 0 saturated heterocycles. The predicted molar refractivity (Wildman–Crippen MR) is 134 cm³/mol. The van der Waals surface area contributed by atoms with Gasteiger partial charge in [0.2, 0.25) is 0 Å². The first kappa shape index (κ1) is 22.6. The van der Waals surface area contributed by atoms with Crippen LogP contribution in [0, 0.1) is 0 Å². The Kier molecular flexibility index (Phi) is 5.98. The third kappa shape index (κ3) is 5.51. The van der Waals surface area contributed by atoms with Gasteiger partial charge in [0.05, 0.1) is 23.5 Å². The molecule has 9 heteroatoms. The largest absolute Gasteiger partial charge is 0.491 e. The maximum atomic E-state index is 12.2. The van der Waals surface area contributed by atoms with Crippen LogP contribution >= 0.6 is 0 Å². The van der Waals surface area contributed by atoms with Crippen LogP contribution in [-0.2, 0) is 4.79 Å². The number of ether oxygens (including phenoxy) is 2. The molecule has 5 rings (SSSR count). The predicted octanol–water partition coefficient (Wildman–Crippen LogP) is 4.60. The lowest BCUT2D eigenvalue weighted by Gasteiger charge is -2.14. The van der Waals surface area contributed by atoms with E-state index in [4.69, 9.17) is 19.4 Å². The lowest BCUT2D eigenvalue weighted by molar-refractivity contribution is -0.123. The summed E-state index contributed by atoms with van der Waals surface area (Å²) < 4.78 is 11.6. The zero-order valence-corrected chi connectivity index (χ0v) is 20.0. The first-order valence-electron chi connectivity index (χ1n) is 11.7. The second-order valence-corrected chi connectivity index (χ2v) is 9.28. The molecule has 2 heterocycles. The number of nitrogens with one attached hydrogen (secondary N) is 3. The zero-order valence-electron chi connectivity index (χ0n) is 20.0. The number of anilines is 2. The van der Waals surface area contributed by atoms with Gasteiger partial charge in [-0.1, -0.05) is 12.1 Å². The molecular formula is C26H28N6O3. The SMILES string of the molecule is CC(C)Oc1ccc2nc(-c3cccc(OCC(=O)NC4(C)CC4)c3)nc(Nc3cn[nH]c3)c2c1. The number of aromatic amines is 1. The van der Waals surface area contributed by atoms with E-state index >= 15 is 0 Å². The van der Waals surface area contributed by atoms with Crippen molar-refractivity contribution >= 4 is 28.3 Å². The van der Waals surface area contributed by atoms with E-state index in [1.165, 1.54) is 0 Å². The molecule has 1 fully saturated rings. The molecule has 1 aliphatic rings.